The maximum atomic E-state index is 11.3. The number of hydrogen-bond acceptors (Lipinski definition) is 2. The summed E-state index contributed by atoms with van der Waals surface area (Å²) in [6.07, 6.45) is 5.45. The van der Waals surface area contributed by atoms with Crippen molar-refractivity contribution in [2.24, 2.45) is 11.1 Å². The molecule has 0 aromatic heterocycles. The SMILES string of the molecule is CCCC1(CNC(=O)CC(C)N)CC1. The Morgan fingerprint density at radius 3 is 2.64 bits per heavy atom. The zero-order valence-electron chi connectivity index (χ0n) is 9.31. The zero-order valence-corrected chi connectivity index (χ0v) is 9.31. The molecular formula is C11H22N2O. The topological polar surface area (TPSA) is 55.1 Å². The average Bonchev–Trinajstić information content (AvgIpc) is 2.82. The summed E-state index contributed by atoms with van der Waals surface area (Å²) in [5.41, 5.74) is 5.99. The van der Waals surface area contributed by atoms with Crippen molar-refractivity contribution in [1.82, 2.24) is 5.32 Å². The van der Waals surface area contributed by atoms with Gasteiger partial charge in [0.05, 0.1) is 0 Å². The molecule has 1 rings (SSSR count). The largest absolute Gasteiger partial charge is 0.355 e. The summed E-state index contributed by atoms with van der Waals surface area (Å²) < 4.78 is 0. The van der Waals surface area contributed by atoms with Gasteiger partial charge in [0.25, 0.3) is 0 Å². The van der Waals surface area contributed by atoms with E-state index in [-0.39, 0.29) is 11.9 Å². The van der Waals surface area contributed by atoms with E-state index < -0.39 is 0 Å². The number of amides is 1. The van der Waals surface area contributed by atoms with E-state index in [9.17, 15) is 4.79 Å². The molecule has 1 fully saturated rings. The first-order chi connectivity index (χ1) is 6.58. The minimum absolute atomic E-state index is 0.0312. The van der Waals surface area contributed by atoms with Gasteiger partial charge in [-0.3, -0.25) is 4.79 Å². The van der Waals surface area contributed by atoms with Gasteiger partial charge in [0, 0.05) is 19.0 Å². The fourth-order valence-corrected chi connectivity index (χ4v) is 1.87. The van der Waals surface area contributed by atoms with Crippen LogP contribution in [0, 0.1) is 5.41 Å². The van der Waals surface area contributed by atoms with Gasteiger partial charge in [-0.15, -0.1) is 0 Å². The third-order valence-corrected chi connectivity index (χ3v) is 2.91. The molecule has 1 saturated carbocycles. The molecule has 1 aliphatic rings. The first-order valence-electron chi connectivity index (χ1n) is 5.60. The van der Waals surface area contributed by atoms with Gasteiger partial charge in [-0.1, -0.05) is 13.3 Å². The van der Waals surface area contributed by atoms with Crippen molar-refractivity contribution in [3.05, 3.63) is 0 Å². The zero-order chi connectivity index (χ0) is 10.6. The van der Waals surface area contributed by atoms with E-state index in [1.165, 1.54) is 25.7 Å². The number of nitrogens with two attached hydrogens (primary N) is 1. The molecule has 0 aromatic rings. The Bertz CT molecular complexity index is 197. The molecule has 1 unspecified atom stereocenters. The van der Waals surface area contributed by atoms with Gasteiger partial charge in [-0.2, -0.15) is 0 Å². The van der Waals surface area contributed by atoms with Crippen molar-refractivity contribution in [2.75, 3.05) is 6.54 Å². The number of carbonyl (C=O) groups is 1. The molecule has 3 heteroatoms. The minimum atomic E-state index is -0.0312. The Balaban J connectivity index is 2.17. The van der Waals surface area contributed by atoms with Gasteiger partial charge in [0.1, 0.15) is 0 Å². The number of nitrogens with one attached hydrogen (secondary N) is 1. The third-order valence-electron chi connectivity index (χ3n) is 2.91. The van der Waals surface area contributed by atoms with Crippen molar-refractivity contribution in [3.63, 3.8) is 0 Å². The van der Waals surface area contributed by atoms with E-state index in [2.05, 4.69) is 12.2 Å². The number of hydrogen-bond donors (Lipinski definition) is 2. The normalized spacial score (nSPS) is 20.2. The van der Waals surface area contributed by atoms with Gasteiger partial charge in [-0.25, -0.2) is 0 Å². The lowest BCUT2D eigenvalue weighted by atomic mass is 10.0. The van der Waals surface area contributed by atoms with Crippen molar-refractivity contribution in [1.29, 1.82) is 0 Å². The lowest BCUT2D eigenvalue weighted by Crippen LogP contribution is -2.33. The lowest BCUT2D eigenvalue weighted by Gasteiger charge is -2.15. The number of carbonyl (C=O) groups excluding carboxylic acids is 1. The van der Waals surface area contributed by atoms with Gasteiger partial charge in [-0.05, 0) is 31.6 Å². The Labute approximate surface area is 86.4 Å². The standard InChI is InChI=1S/C11H22N2O/c1-3-4-11(5-6-11)8-13-10(14)7-9(2)12/h9H,3-8,12H2,1-2H3,(H,13,14). The Morgan fingerprint density at radius 1 is 1.57 bits per heavy atom. The molecule has 82 valence electrons. The molecule has 0 aromatic carbocycles. The molecule has 0 spiro atoms. The summed E-state index contributed by atoms with van der Waals surface area (Å²) in [7, 11) is 0. The lowest BCUT2D eigenvalue weighted by molar-refractivity contribution is -0.121. The number of rotatable bonds is 6. The maximum absolute atomic E-state index is 11.3. The quantitative estimate of drug-likeness (QED) is 0.678. The molecule has 3 N–H and O–H groups in total. The summed E-state index contributed by atoms with van der Waals surface area (Å²) in [5.74, 6) is 0.0994. The summed E-state index contributed by atoms with van der Waals surface area (Å²) in [5, 5.41) is 2.98. The van der Waals surface area contributed by atoms with Crippen LogP contribution in [0.1, 0.15) is 46.0 Å². The third kappa shape index (κ3) is 3.66. The first-order valence-corrected chi connectivity index (χ1v) is 5.60. The predicted molar refractivity (Wildman–Crippen MR) is 57.9 cm³/mol. The molecule has 0 bridgehead atoms. The molecule has 0 radical (unpaired) electrons. The van der Waals surface area contributed by atoms with Crippen molar-refractivity contribution in [2.45, 2.75) is 52.0 Å². The molecule has 1 aliphatic carbocycles. The van der Waals surface area contributed by atoms with Crippen LogP contribution in [0.25, 0.3) is 0 Å². The van der Waals surface area contributed by atoms with Crippen LogP contribution in [-0.4, -0.2) is 18.5 Å². The highest BCUT2D eigenvalue weighted by Crippen LogP contribution is 2.48. The van der Waals surface area contributed by atoms with Crippen LogP contribution in [0.15, 0.2) is 0 Å². The first kappa shape index (κ1) is 11.5. The summed E-state index contributed by atoms with van der Waals surface area (Å²) >= 11 is 0. The molecule has 1 atom stereocenters. The van der Waals surface area contributed by atoms with E-state index in [1.807, 2.05) is 6.92 Å². The van der Waals surface area contributed by atoms with Gasteiger partial charge < -0.3 is 11.1 Å². The summed E-state index contributed by atoms with van der Waals surface area (Å²) in [6.45, 7) is 4.91. The Morgan fingerprint density at radius 2 is 2.21 bits per heavy atom. The van der Waals surface area contributed by atoms with Gasteiger partial charge >= 0.3 is 0 Å². The van der Waals surface area contributed by atoms with E-state index >= 15 is 0 Å². The summed E-state index contributed by atoms with van der Waals surface area (Å²) in [6, 6.07) is -0.0312. The second-order valence-electron chi connectivity index (χ2n) is 4.71. The molecular weight excluding hydrogens is 176 g/mol. The Kier molecular flexibility index (Phi) is 3.93. The van der Waals surface area contributed by atoms with Gasteiger partial charge in [0.15, 0.2) is 0 Å². The van der Waals surface area contributed by atoms with Gasteiger partial charge in [0.2, 0.25) is 5.91 Å². The van der Waals surface area contributed by atoms with Crippen LogP contribution in [0.5, 0.6) is 0 Å². The smallest absolute Gasteiger partial charge is 0.221 e. The van der Waals surface area contributed by atoms with Crippen LogP contribution >= 0.6 is 0 Å². The average molecular weight is 198 g/mol. The van der Waals surface area contributed by atoms with Crippen molar-refractivity contribution in [3.8, 4) is 0 Å². The molecule has 0 heterocycles. The van der Waals surface area contributed by atoms with Crippen LogP contribution in [0.4, 0.5) is 0 Å². The molecule has 14 heavy (non-hydrogen) atoms. The van der Waals surface area contributed by atoms with Crippen LogP contribution in [-0.2, 0) is 4.79 Å². The van der Waals surface area contributed by atoms with Crippen molar-refractivity contribution >= 4 is 5.91 Å². The molecule has 0 saturated heterocycles. The second kappa shape index (κ2) is 4.78. The van der Waals surface area contributed by atoms with Crippen LogP contribution < -0.4 is 11.1 Å². The Hall–Kier alpha value is -0.570. The highest BCUT2D eigenvalue weighted by molar-refractivity contribution is 5.76. The van der Waals surface area contributed by atoms with E-state index in [1.54, 1.807) is 0 Å². The van der Waals surface area contributed by atoms with E-state index in [0.717, 1.165) is 6.54 Å². The molecule has 3 nitrogen and oxygen atoms in total. The maximum Gasteiger partial charge on any atom is 0.221 e. The molecule has 1 amide bonds. The van der Waals surface area contributed by atoms with Crippen LogP contribution in [0.3, 0.4) is 0 Å². The predicted octanol–water partition coefficient (Wildman–Crippen LogP) is 1.42. The monoisotopic (exact) mass is 198 g/mol. The summed E-state index contributed by atoms with van der Waals surface area (Å²) in [4.78, 5) is 11.3. The van der Waals surface area contributed by atoms with Crippen LogP contribution in [0.2, 0.25) is 0 Å². The highest BCUT2D eigenvalue weighted by atomic mass is 16.1. The minimum Gasteiger partial charge on any atom is -0.355 e. The fraction of sp³-hybridized carbons (Fsp3) is 0.909. The van der Waals surface area contributed by atoms with E-state index in [4.69, 9.17) is 5.73 Å². The van der Waals surface area contributed by atoms with E-state index in [0.29, 0.717) is 11.8 Å². The molecule has 0 aliphatic heterocycles. The highest BCUT2D eigenvalue weighted by Gasteiger charge is 2.41. The van der Waals surface area contributed by atoms with Crippen molar-refractivity contribution < 1.29 is 4.79 Å². The second-order valence-corrected chi connectivity index (χ2v) is 4.71. The fourth-order valence-electron chi connectivity index (χ4n) is 1.87.